The van der Waals surface area contributed by atoms with Gasteiger partial charge in [0.05, 0.1) is 18.3 Å². The van der Waals surface area contributed by atoms with Crippen molar-refractivity contribution in [2.24, 2.45) is 10.9 Å². The molecule has 0 radical (unpaired) electrons. The number of methoxy groups -OCH3 is 1. The third kappa shape index (κ3) is 6.63. The molecule has 29 heavy (non-hydrogen) atoms. The Morgan fingerprint density at radius 1 is 1.45 bits per heavy atom. The van der Waals surface area contributed by atoms with Gasteiger partial charge >= 0.3 is 0 Å². The molecule has 0 aliphatic carbocycles. The molecule has 2 atom stereocenters. The Morgan fingerprint density at radius 2 is 2.21 bits per heavy atom. The first-order valence-corrected chi connectivity index (χ1v) is 10.1. The van der Waals surface area contributed by atoms with Gasteiger partial charge in [0, 0.05) is 37.0 Å². The zero-order valence-electron chi connectivity index (χ0n) is 16.4. The molecule has 3 rings (SSSR count). The molecule has 1 fully saturated rings. The van der Waals surface area contributed by atoms with E-state index in [4.69, 9.17) is 9.47 Å². The molecular formula is C23H31F2NO2S. The topological polar surface area (TPSA) is 30.8 Å². The van der Waals surface area contributed by atoms with Crippen molar-refractivity contribution >= 4 is 16.8 Å². The van der Waals surface area contributed by atoms with Gasteiger partial charge in [-0.25, -0.2) is 8.78 Å². The van der Waals surface area contributed by atoms with Crippen molar-refractivity contribution in [3.8, 4) is 0 Å². The quantitative estimate of drug-likeness (QED) is 0.550. The van der Waals surface area contributed by atoms with Gasteiger partial charge in [-0.05, 0) is 25.0 Å². The highest BCUT2D eigenvalue weighted by Crippen LogP contribution is 2.45. The molecule has 1 aromatic carbocycles. The van der Waals surface area contributed by atoms with Gasteiger partial charge < -0.3 is 9.47 Å². The second kappa shape index (κ2) is 12.1. The minimum absolute atomic E-state index is 0. The van der Waals surface area contributed by atoms with E-state index in [1.165, 1.54) is 12.1 Å². The molecule has 6 heteroatoms. The van der Waals surface area contributed by atoms with Crippen LogP contribution in [0.25, 0.3) is 0 Å². The maximum atomic E-state index is 14.2. The molecule has 0 N–H and O–H groups in total. The van der Waals surface area contributed by atoms with Crippen molar-refractivity contribution in [1.82, 2.24) is 0 Å². The van der Waals surface area contributed by atoms with E-state index >= 15 is 0 Å². The molecule has 160 valence electrons. The third-order valence-electron chi connectivity index (χ3n) is 4.65. The maximum absolute atomic E-state index is 14.2. The van der Waals surface area contributed by atoms with Gasteiger partial charge in [0.2, 0.25) is 0 Å². The molecular weight excluding hydrogens is 392 g/mol. The van der Waals surface area contributed by atoms with Gasteiger partial charge in [0.25, 0.3) is 0 Å². The Balaban J connectivity index is 0.000000362. The smallest absolute Gasteiger partial charge is 0.131 e. The SMILES string of the molecule is C.C=C/C=C\C(=C)COC.CC1=NC2(c3ccc(F)cc3F)COCCC2CS1. The van der Waals surface area contributed by atoms with E-state index in [0.29, 0.717) is 25.4 Å². The molecule has 0 aromatic heterocycles. The highest BCUT2D eigenvalue weighted by Gasteiger charge is 2.46. The molecule has 2 aliphatic heterocycles. The number of ether oxygens (including phenoxy) is 2. The Hall–Kier alpha value is -1.76. The van der Waals surface area contributed by atoms with Gasteiger partial charge in [0.15, 0.2) is 0 Å². The van der Waals surface area contributed by atoms with E-state index < -0.39 is 17.2 Å². The number of rotatable bonds is 5. The fourth-order valence-electron chi connectivity index (χ4n) is 3.33. The van der Waals surface area contributed by atoms with Crippen LogP contribution in [-0.2, 0) is 15.0 Å². The summed E-state index contributed by atoms with van der Waals surface area (Å²) in [6, 6.07) is 3.74. The van der Waals surface area contributed by atoms with E-state index in [2.05, 4.69) is 18.2 Å². The van der Waals surface area contributed by atoms with Gasteiger partial charge in [-0.15, -0.1) is 11.8 Å². The summed E-state index contributed by atoms with van der Waals surface area (Å²) in [5.74, 6) is 0.0702. The average Bonchev–Trinajstić information content (AvgIpc) is 2.66. The normalized spacial score (nSPS) is 23.2. The summed E-state index contributed by atoms with van der Waals surface area (Å²) in [4.78, 5) is 4.69. The van der Waals surface area contributed by atoms with Crippen LogP contribution in [-0.4, -0.2) is 37.7 Å². The maximum Gasteiger partial charge on any atom is 0.131 e. The first-order valence-electron chi connectivity index (χ1n) is 9.11. The first-order chi connectivity index (χ1) is 13.4. The Kier molecular flexibility index (Phi) is 10.5. The molecule has 3 nitrogen and oxygen atoms in total. The number of fused-ring (bicyclic) bond motifs is 1. The minimum atomic E-state index is -0.675. The summed E-state index contributed by atoms with van der Waals surface area (Å²) < 4.78 is 37.6. The van der Waals surface area contributed by atoms with E-state index in [0.717, 1.165) is 28.9 Å². The van der Waals surface area contributed by atoms with Crippen LogP contribution in [0.2, 0.25) is 0 Å². The molecule has 0 saturated carbocycles. The Labute approximate surface area is 177 Å². The number of thioether (sulfide) groups is 1. The zero-order valence-corrected chi connectivity index (χ0v) is 17.2. The monoisotopic (exact) mass is 423 g/mol. The summed E-state index contributed by atoms with van der Waals surface area (Å²) in [5.41, 5.74) is 0.737. The molecule has 0 amide bonds. The van der Waals surface area contributed by atoms with E-state index in [1.807, 2.05) is 19.1 Å². The number of benzene rings is 1. The zero-order chi connectivity index (χ0) is 20.6. The lowest BCUT2D eigenvalue weighted by Gasteiger charge is -2.44. The van der Waals surface area contributed by atoms with Crippen molar-refractivity contribution in [2.75, 3.05) is 32.7 Å². The van der Waals surface area contributed by atoms with Crippen LogP contribution in [0.15, 0.2) is 60.2 Å². The fraction of sp³-hybridized carbons (Fsp3) is 0.435. The number of halogens is 2. The minimum Gasteiger partial charge on any atom is -0.380 e. The highest BCUT2D eigenvalue weighted by atomic mass is 32.2. The van der Waals surface area contributed by atoms with Crippen molar-refractivity contribution in [3.63, 3.8) is 0 Å². The number of hydrogen-bond acceptors (Lipinski definition) is 4. The van der Waals surface area contributed by atoms with Crippen LogP contribution >= 0.6 is 11.8 Å². The van der Waals surface area contributed by atoms with Gasteiger partial charge in [-0.3, -0.25) is 4.99 Å². The number of hydrogen-bond donors (Lipinski definition) is 0. The lowest BCUT2D eigenvalue weighted by atomic mass is 9.76. The van der Waals surface area contributed by atoms with Gasteiger partial charge in [-0.2, -0.15) is 0 Å². The predicted octanol–water partition coefficient (Wildman–Crippen LogP) is 5.93. The van der Waals surface area contributed by atoms with Crippen LogP contribution in [0.1, 0.15) is 26.3 Å². The first kappa shape index (κ1) is 25.3. The predicted molar refractivity (Wildman–Crippen MR) is 120 cm³/mol. The average molecular weight is 424 g/mol. The van der Waals surface area contributed by atoms with E-state index in [9.17, 15) is 8.78 Å². The Bertz CT molecular complexity index is 763. The molecule has 2 heterocycles. The summed E-state index contributed by atoms with van der Waals surface area (Å²) in [5, 5.41) is 0.936. The number of allylic oxidation sites excluding steroid dienone is 2. The van der Waals surface area contributed by atoms with Crippen molar-refractivity contribution in [3.05, 3.63) is 72.4 Å². The lowest BCUT2D eigenvalue weighted by molar-refractivity contribution is 0.00300. The second-order valence-corrected chi connectivity index (χ2v) is 7.93. The lowest BCUT2D eigenvalue weighted by Crippen LogP contribution is -2.46. The molecule has 0 spiro atoms. The van der Waals surface area contributed by atoms with E-state index in [-0.39, 0.29) is 13.3 Å². The summed E-state index contributed by atoms with van der Waals surface area (Å²) in [6.07, 6.45) is 6.28. The number of nitrogens with zero attached hydrogens (tertiary/aromatic N) is 1. The Morgan fingerprint density at radius 3 is 2.86 bits per heavy atom. The highest BCUT2D eigenvalue weighted by molar-refractivity contribution is 8.13. The van der Waals surface area contributed by atoms with Crippen LogP contribution in [0.4, 0.5) is 8.78 Å². The molecule has 1 aromatic rings. The largest absolute Gasteiger partial charge is 0.380 e. The van der Waals surface area contributed by atoms with Crippen molar-refractivity contribution in [1.29, 1.82) is 0 Å². The second-order valence-electron chi connectivity index (χ2n) is 6.71. The van der Waals surface area contributed by atoms with E-state index in [1.54, 1.807) is 24.9 Å². The van der Waals surface area contributed by atoms with Crippen molar-refractivity contribution < 1.29 is 18.3 Å². The van der Waals surface area contributed by atoms with Gasteiger partial charge in [0.1, 0.15) is 17.2 Å². The summed E-state index contributed by atoms with van der Waals surface area (Å²) >= 11 is 1.70. The molecule has 0 bridgehead atoms. The molecule has 1 saturated heterocycles. The van der Waals surface area contributed by atoms with Crippen LogP contribution in [0.5, 0.6) is 0 Å². The van der Waals surface area contributed by atoms with Crippen LogP contribution in [0.3, 0.4) is 0 Å². The standard InChI is InChI=1S/C14H15F2NOS.C8H12O.CH4/c1-9-17-14(8-18-5-4-10(14)7-19-9)12-3-2-11(15)6-13(12)16;1-4-5-6-8(2)7-9-3;/h2-3,6,10H,4-5,7-8H2,1H3;4-6H,1-2,7H2,3H3;1H4/b;6-5-;. The molecule has 2 aliphatic rings. The van der Waals surface area contributed by atoms with Crippen molar-refractivity contribution in [2.45, 2.75) is 26.3 Å². The summed E-state index contributed by atoms with van der Waals surface area (Å²) in [7, 11) is 1.65. The number of aliphatic imine (C=N–C) groups is 1. The van der Waals surface area contributed by atoms with Gasteiger partial charge in [-0.1, -0.05) is 44.9 Å². The van der Waals surface area contributed by atoms with Crippen LogP contribution < -0.4 is 0 Å². The molecule has 2 unspecified atom stereocenters. The third-order valence-corrected chi connectivity index (χ3v) is 5.73. The fourth-order valence-corrected chi connectivity index (χ4v) is 4.44. The summed E-state index contributed by atoms with van der Waals surface area (Å²) in [6.45, 7) is 10.8. The van der Waals surface area contributed by atoms with Crippen LogP contribution in [0, 0.1) is 17.6 Å².